The lowest BCUT2D eigenvalue weighted by atomic mass is 10.0. The molecule has 34 heavy (non-hydrogen) atoms. The van der Waals surface area contributed by atoms with Crippen molar-refractivity contribution < 1.29 is 4.74 Å². The van der Waals surface area contributed by atoms with E-state index in [9.17, 15) is 0 Å². The van der Waals surface area contributed by atoms with E-state index in [1.54, 1.807) is 19.5 Å². The Bertz CT molecular complexity index is 1580. The predicted octanol–water partition coefficient (Wildman–Crippen LogP) is 4.25. The Morgan fingerprint density at radius 2 is 1.85 bits per heavy atom. The highest BCUT2D eigenvalue weighted by atomic mass is 16.5. The van der Waals surface area contributed by atoms with Gasteiger partial charge in [0.1, 0.15) is 11.4 Å². The van der Waals surface area contributed by atoms with Gasteiger partial charge in [-0.3, -0.25) is 15.1 Å². The van der Waals surface area contributed by atoms with Gasteiger partial charge in [0, 0.05) is 58.5 Å². The quantitative estimate of drug-likeness (QED) is 0.379. The summed E-state index contributed by atoms with van der Waals surface area (Å²) in [6.07, 6.45) is 11.6. The van der Waals surface area contributed by atoms with E-state index in [4.69, 9.17) is 15.5 Å². The van der Waals surface area contributed by atoms with Gasteiger partial charge in [0.05, 0.1) is 24.5 Å². The fraction of sp³-hybridized carbons (Fsp3) is 0.0769. The number of hydrogen-bond acceptors (Lipinski definition) is 6. The van der Waals surface area contributed by atoms with Crippen molar-refractivity contribution in [2.75, 3.05) is 7.11 Å². The van der Waals surface area contributed by atoms with E-state index < -0.39 is 0 Å². The van der Waals surface area contributed by atoms with Crippen LogP contribution in [0.2, 0.25) is 0 Å². The van der Waals surface area contributed by atoms with Crippen molar-refractivity contribution >= 4 is 16.5 Å². The first-order chi connectivity index (χ1) is 16.7. The summed E-state index contributed by atoms with van der Waals surface area (Å²) in [5.41, 5.74) is 14.4. The Labute approximate surface area is 195 Å². The average Bonchev–Trinajstić information content (AvgIpc) is 3.45. The number of pyridine rings is 2. The number of imidazole rings is 1. The summed E-state index contributed by atoms with van der Waals surface area (Å²) < 4.78 is 5.33. The zero-order chi connectivity index (χ0) is 23.1. The van der Waals surface area contributed by atoms with Gasteiger partial charge in [0.2, 0.25) is 0 Å². The van der Waals surface area contributed by atoms with E-state index in [2.05, 4.69) is 31.2 Å². The first kappa shape index (κ1) is 19.9. The van der Waals surface area contributed by atoms with Crippen molar-refractivity contribution in [3.05, 3.63) is 96.0 Å². The Balaban J connectivity index is 1.47. The lowest BCUT2D eigenvalue weighted by molar-refractivity contribution is 0.413. The highest BCUT2D eigenvalue weighted by molar-refractivity contribution is 5.95. The number of fused-ring (bicyclic) bond motifs is 2. The van der Waals surface area contributed by atoms with Crippen molar-refractivity contribution in [1.29, 1.82) is 0 Å². The summed E-state index contributed by atoms with van der Waals surface area (Å²) in [6, 6.07) is 12.0. The number of benzene rings is 1. The molecule has 0 radical (unpaired) electrons. The Morgan fingerprint density at radius 3 is 2.71 bits per heavy atom. The molecule has 0 fully saturated rings. The number of aromatic nitrogens is 6. The first-order valence-electron chi connectivity index (χ1n) is 10.8. The number of methoxy groups -OCH3 is 1. The topological polar surface area (TPSA) is 118 Å². The van der Waals surface area contributed by atoms with Crippen molar-refractivity contribution in [3.8, 4) is 28.4 Å². The summed E-state index contributed by atoms with van der Waals surface area (Å²) >= 11 is 0. The zero-order valence-electron chi connectivity index (χ0n) is 18.4. The lowest BCUT2D eigenvalue weighted by Gasteiger charge is -2.05. The second-order valence-corrected chi connectivity index (χ2v) is 8.10. The molecular weight excluding hydrogens is 426 g/mol. The van der Waals surface area contributed by atoms with E-state index in [1.807, 2.05) is 54.9 Å². The monoisotopic (exact) mass is 447 g/mol. The van der Waals surface area contributed by atoms with E-state index in [-0.39, 0.29) is 0 Å². The molecule has 1 aliphatic carbocycles. The predicted molar refractivity (Wildman–Crippen MR) is 131 cm³/mol. The van der Waals surface area contributed by atoms with Gasteiger partial charge in [-0.1, -0.05) is 18.2 Å². The summed E-state index contributed by atoms with van der Waals surface area (Å²) in [5.74, 6) is 1.39. The minimum atomic E-state index is 0.575. The maximum atomic E-state index is 6.23. The van der Waals surface area contributed by atoms with Crippen LogP contribution < -0.4 is 10.5 Å². The Hall–Kier alpha value is -4.72. The van der Waals surface area contributed by atoms with Crippen LogP contribution in [0.1, 0.15) is 17.0 Å². The summed E-state index contributed by atoms with van der Waals surface area (Å²) in [4.78, 5) is 17.0. The molecular formula is C26H21N7O. The number of hydrogen-bond donors (Lipinski definition) is 3. The molecule has 166 valence electrons. The van der Waals surface area contributed by atoms with Crippen LogP contribution in [0.5, 0.6) is 5.75 Å². The van der Waals surface area contributed by atoms with Crippen LogP contribution in [0.4, 0.5) is 0 Å². The van der Waals surface area contributed by atoms with Crippen LogP contribution in [-0.2, 0) is 6.42 Å². The van der Waals surface area contributed by atoms with Crippen molar-refractivity contribution in [3.63, 3.8) is 0 Å². The van der Waals surface area contributed by atoms with Crippen molar-refractivity contribution in [1.82, 2.24) is 30.1 Å². The number of nitrogens with zero attached hydrogens (tertiary/aromatic N) is 4. The summed E-state index contributed by atoms with van der Waals surface area (Å²) in [7, 11) is 1.63. The van der Waals surface area contributed by atoms with Gasteiger partial charge in [-0.15, -0.1) is 0 Å². The number of ether oxygens (including phenoxy) is 1. The van der Waals surface area contributed by atoms with Gasteiger partial charge in [0.25, 0.3) is 0 Å². The van der Waals surface area contributed by atoms with Crippen LogP contribution in [0, 0.1) is 0 Å². The molecule has 0 saturated heterocycles. The lowest BCUT2D eigenvalue weighted by Crippen LogP contribution is -2.01. The van der Waals surface area contributed by atoms with Gasteiger partial charge in [-0.05, 0) is 35.9 Å². The Morgan fingerprint density at radius 1 is 0.941 bits per heavy atom. The highest BCUT2D eigenvalue weighted by Crippen LogP contribution is 2.34. The van der Waals surface area contributed by atoms with E-state index >= 15 is 0 Å². The van der Waals surface area contributed by atoms with Gasteiger partial charge >= 0.3 is 0 Å². The largest absolute Gasteiger partial charge is 0.495 e. The van der Waals surface area contributed by atoms with Crippen LogP contribution in [0.15, 0.2) is 79.0 Å². The first-order valence-corrected chi connectivity index (χ1v) is 10.8. The maximum absolute atomic E-state index is 6.23. The molecule has 4 N–H and O–H groups in total. The molecule has 0 atom stereocenters. The fourth-order valence-electron chi connectivity index (χ4n) is 4.22. The van der Waals surface area contributed by atoms with Crippen molar-refractivity contribution in [2.45, 2.75) is 6.42 Å². The molecule has 0 bridgehead atoms. The summed E-state index contributed by atoms with van der Waals surface area (Å²) in [6.45, 7) is 0. The third-order valence-corrected chi connectivity index (χ3v) is 5.92. The third-order valence-electron chi connectivity index (χ3n) is 5.92. The molecule has 1 aromatic carbocycles. The molecule has 8 heteroatoms. The van der Waals surface area contributed by atoms with Gasteiger partial charge in [-0.25, -0.2) is 4.98 Å². The smallest absolute Gasteiger partial charge is 0.159 e. The van der Waals surface area contributed by atoms with Crippen LogP contribution in [0.25, 0.3) is 39.1 Å². The number of nitrogens with two attached hydrogens (primary N) is 1. The third kappa shape index (κ3) is 3.41. The highest BCUT2D eigenvalue weighted by Gasteiger charge is 2.21. The summed E-state index contributed by atoms with van der Waals surface area (Å²) in [5, 5.41) is 8.66. The maximum Gasteiger partial charge on any atom is 0.159 e. The molecule has 8 nitrogen and oxygen atoms in total. The van der Waals surface area contributed by atoms with Gasteiger partial charge < -0.3 is 15.5 Å². The minimum Gasteiger partial charge on any atom is -0.495 e. The molecule has 1 aliphatic rings. The number of nitrogens with one attached hydrogen (secondary N) is 2. The van der Waals surface area contributed by atoms with Gasteiger partial charge in [0.15, 0.2) is 5.82 Å². The number of H-pyrrole nitrogens is 2. The van der Waals surface area contributed by atoms with E-state index in [0.29, 0.717) is 18.0 Å². The van der Waals surface area contributed by atoms with E-state index in [1.165, 1.54) is 0 Å². The zero-order valence-corrected chi connectivity index (χ0v) is 18.4. The fourth-order valence-corrected chi connectivity index (χ4v) is 4.22. The Kier molecular flexibility index (Phi) is 4.69. The molecule has 0 amide bonds. The minimum absolute atomic E-state index is 0.575. The average molecular weight is 448 g/mol. The molecule has 0 aliphatic heterocycles. The van der Waals surface area contributed by atoms with Crippen molar-refractivity contribution in [2.24, 2.45) is 5.73 Å². The molecule has 4 aromatic heterocycles. The number of aromatic amines is 2. The van der Waals surface area contributed by atoms with Gasteiger partial charge in [-0.2, -0.15) is 5.10 Å². The molecule has 4 heterocycles. The molecule has 5 aromatic rings. The molecule has 0 saturated carbocycles. The number of allylic oxidation sites excluding steroid dienone is 3. The van der Waals surface area contributed by atoms with Crippen LogP contribution in [-0.4, -0.2) is 37.2 Å². The SMILES string of the molecule is COc1cncc(-c2ccc3[nH]nc(-c4nc5c([nH]4)CC(N)=CC=C5c4cccnc4)c3c2)c1. The van der Waals surface area contributed by atoms with Crippen LogP contribution >= 0.6 is 0 Å². The van der Waals surface area contributed by atoms with Crippen LogP contribution in [0.3, 0.4) is 0 Å². The van der Waals surface area contributed by atoms with E-state index in [0.717, 1.165) is 55.9 Å². The molecule has 0 unspecified atom stereocenters. The normalized spacial score (nSPS) is 13.2. The second-order valence-electron chi connectivity index (χ2n) is 8.10. The number of rotatable bonds is 4. The molecule has 0 spiro atoms. The standard InChI is InChI=1S/C26H21N7O/c1-34-19-9-17(13-29-14-19)15-4-7-22-21(10-15)25(33-32-22)26-30-23-11-18(27)5-6-20(24(23)31-26)16-3-2-8-28-12-16/h2-10,12-14H,11,27H2,1H3,(H,30,31)(H,32,33). The second kappa shape index (κ2) is 8.00. The molecule has 6 rings (SSSR count).